The van der Waals surface area contributed by atoms with Crippen molar-refractivity contribution < 1.29 is 14.3 Å². The van der Waals surface area contributed by atoms with E-state index in [0.717, 1.165) is 6.54 Å². The van der Waals surface area contributed by atoms with Crippen LogP contribution in [0.25, 0.3) is 0 Å². The first kappa shape index (κ1) is 15.9. The van der Waals surface area contributed by atoms with Crippen LogP contribution >= 0.6 is 0 Å². The molecule has 0 saturated heterocycles. The molecule has 0 saturated carbocycles. The molecule has 1 unspecified atom stereocenters. The molecule has 1 N–H and O–H groups in total. The summed E-state index contributed by atoms with van der Waals surface area (Å²) < 4.78 is 4.62. The van der Waals surface area contributed by atoms with Gasteiger partial charge in [-0.15, -0.1) is 0 Å². The molecule has 0 aromatic carbocycles. The third-order valence-corrected chi connectivity index (χ3v) is 2.52. The summed E-state index contributed by atoms with van der Waals surface area (Å²) >= 11 is 0. The minimum absolute atomic E-state index is 0.00497. The Labute approximate surface area is 103 Å². The highest BCUT2D eigenvalue weighted by molar-refractivity contribution is 5.78. The van der Waals surface area contributed by atoms with E-state index in [0.29, 0.717) is 13.0 Å². The minimum Gasteiger partial charge on any atom is -0.469 e. The van der Waals surface area contributed by atoms with Crippen LogP contribution in [0.1, 0.15) is 34.1 Å². The minimum atomic E-state index is -0.250. The summed E-state index contributed by atoms with van der Waals surface area (Å²) in [5, 5.41) is 2.83. The van der Waals surface area contributed by atoms with Gasteiger partial charge in [-0.1, -0.05) is 6.92 Å². The van der Waals surface area contributed by atoms with Crippen molar-refractivity contribution in [2.45, 2.75) is 46.2 Å². The number of amides is 1. The van der Waals surface area contributed by atoms with Crippen molar-refractivity contribution in [3.63, 3.8) is 0 Å². The van der Waals surface area contributed by atoms with Gasteiger partial charge in [-0.3, -0.25) is 14.5 Å². The topological polar surface area (TPSA) is 58.6 Å². The standard InChI is InChI=1S/C12H24N2O3/c1-6-14(8-11(15)13-9(2)3)10(4)7-12(16)17-5/h9-10H,6-8H2,1-5H3,(H,13,15). The van der Waals surface area contributed by atoms with Crippen molar-refractivity contribution in [1.29, 1.82) is 0 Å². The fraction of sp³-hybridized carbons (Fsp3) is 0.833. The molecule has 0 aliphatic heterocycles. The van der Waals surface area contributed by atoms with Gasteiger partial charge in [0.15, 0.2) is 0 Å². The fourth-order valence-corrected chi connectivity index (χ4v) is 1.59. The van der Waals surface area contributed by atoms with E-state index in [1.165, 1.54) is 7.11 Å². The normalized spacial score (nSPS) is 12.6. The number of carbonyl (C=O) groups excluding carboxylic acids is 2. The maximum atomic E-state index is 11.6. The van der Waals surface area contributed by atoms with Gasteiger partial charge in [0.1, 0.15) is 0 Å². The maximum Gasteiger partial charge on any atom is 0.307 e. The number of hydrogen-bond donors (Lipinski definition) is 1. The molecule has 0 rings (SSSR count). The molecule has 0 aliphatic rings. The zero-order valence-electron chi connectivity index (χ0n) is 11.4. The average Bonchev–Trinajstić information content (AvgIpc) is 2.24. The summed E-state index contributed by atoms with van der Waals surface area (Å²) in [6, 6.07) is 0.141. The second-order valence-electron chi connectivity index (χ2n) is 4.41. The smallest absolute Gasteiger partial charge is 0.307 e. The molecule has 0 heterocycles. The van der Waals surface area contributed by atoms with E-state index in [2.05, 4.69) is 10.1 Å². The van der Waals surface area contributed by atoms with Gasteiger partial charge in [-0.05, 0) is 27.3 Å². The van der Waals surface area contributed by atoms with Gasteiger partial charge in [0, 0.05) is 12.1 Å². The summed E-state index contributed by atoms with van der Waals surface area (Å²) in [5.41, 5.74) is 0. The second-order valence-corrected chi connectivity index (χ2v) is 4.41. The number of likely N-dealkylation sites (N-methyl/N-ethyl adjacent to an activating group) is 1. The lowest BCUT2D eigenvalue weighted by Gasteiger charge is -2.26. The van der Waals surface area contributed by atoms with E-state index >= 15 is 0 Å². The number of rotatable bonds is 7. The van der Waals surface area contributed by atoms with Crippen LogP contribution in [0.2, 0.25) is 0 Å². The lowest BCUT2D eigenvalue weighted by atomic mass is 10.2. The van der Waals surface area contributed by atoms with E-state index in [4.69, 9.17) is 0 Å². The van der Waals surface area contributed by atoms with Gasteiger partial charge in [0.05, 0.1) is 20.1 Å². The van der Waals surface area contributed by atoms with Gasteiger partial charge in [-0.25, -0.2) is 0 Å². The summed E-state index contributed by atoms with van der Waals surface area (Å²) in [7, 11) is 1.37. The Hall–Kier alpha value is -1.10. The number of methoxy groups -OCH3 is 1. The summed E-state index contributed by atoms with van der Waals surface area (Å²) in [6.07, 6.45) is 0.305. The highest BCUT2D eigenvalue weighted by Crippen LogP contribution is 2.04. The van der Waals surface area contributed by atoms with Crippen molar-refractivity contribution in [3.05, 3.63) is 0 Å². The van der Waals surface area contributed by atoms with Crippen LogP contribution in [0.4, 0.5) is 0 Å². The zero-order chi connectivity index (χ0) is 13.4. The van der Waals surface area contributed by atoms with Crippen molar-refractivity contribution >= 4 is 11.9 Å². The fourth-order valence-electron chi connectivity index (χ4n) is 1.59. The molecule has 0 aliphatic carbocycles. The molecule has 100 valence electrons. The van der Waals surface area contributed by atoms with Crippen molar-refractivity contribution in [2.24, 2.45) is 0 Å². The lowest BCUT2D eigenvalue weighted by Crippen LogP contribution is -2.44. The maximum absolute atomic E-state index is 11.6. The molecule has 0 fully saturated rings. The number of carbonyl (C=O) groups is 2. The summed E-state index contributed by atoms with van der Waals surface area (Å²) in [4.78, 5) is 24.7. The Morgan fingerprint density at radius 2 is 1.88 bits per heavy atom. The molecule has 0 bridgehead atoms. The van der Waals surface area contributed by atoms with Crippen molar-refractivity contribution in [2.75, 3.05) is 20.2 Å². The molecular formula is C12H24N2O3. The monoisotopic (exact) mass is 244 g/mol. The van der Waals surface area contributed by atoms with Gasteiger partial charge in [0.25, 0.3) is 0 Å². The van der Waals surface area contributed by atoms with Crippen molar-refractivity contribution in [3.8, 4) is 0 Å². The number of hydrogen-bond acceptors (Lipinski definition) is 4. The quantitative estimate of drug-likeness (QED) is 0.673. The highest BCUT2D eigenvalue weighted by Gasteiger charge is 2.18. The van der Waals surface area contributed by atoms with Crippen LogP contribution in [0.5, 0.6) is 0 Å². The van der Waals surface area contributed by atoms with Gasteiger partial charge in [-0.2, -0.15) is 0 Å². The molecule has 5 nitrogen and oxygen atoms in total. The molecule has 17 heavy (non-hydrogen) atoms. The summed E-state index contributed by atoms with van der Waals surface area (Å²) in [6.45, 7) is 8.77. The summed E-state index contributed by atoms with van der Waals surface area (Å²) in [5.74, 6) is -0.265. The Morgan fingerprint density at radius 3 is 2.29 bits per heavy atom. The van der Waals surface area contributed by atoms with Gasteiger partial charge in [0.2, 0.25) is 5.91 Å². The average molecular weight is 244 g/mol. The Bertz CT molecular complexity index is 254. The second kappa shape index (κ2) is 8.06. The van der Waals surface area contributed by atoms with E-state index in [-0.39, 0.29) is 24.0 Å². The SMILES string of the molecule is CCN(CC(=O)NC(C)C)C(C)CC(=O)OC. The largest absolute Gasteiger partial charge is 0.469 e. The van der Waals surface area contributed by atoms with E-state index in [1.54, 1.807) is 0 Å². The molecule has 0 aromatic rings. The number of nitrogens with zero attached hydrogens (tertiary/aromatic N) is 1. The molecular weight excluding hydrogens is 220 g/mol. The van der Waals surface area contributed by atoms with E-state index in [1.807, 2.05) is 32.6 Å². The van der Waals surface area contributed by atoms with Gasteiger partial charge >= 0.3 is 5.97 Å². The number of nitrogens with one attached hydrogen (secondary N) is 1. The first-order chi connectivity index (χ1) is 7.90. The van der Waals surface area contributed by atoms with Crippen LogP contribution in [0, 0.1) is 0 Å². The highest BCUT2D eigenvalue weighted by atomic mass is 16.5. The number of ether oxygens (including phenoxy) is 1. The Morgan fingerprint density at radius 1 is 1.29 bits per heavy atom. The molecule has 0 aromatic heterocycles. The Balaban J connectivity index is 4.22. The lowest BCUT2D eigenvalue weighted by molar-refractivity contribution is -0.142. The van der Waals surface area contributed by atoms with Crippen LogP contribution in [-0.4, -0.2) is 49.1 Å². The third kappa shape index (κ3) is 6.94. The van der Waals surface area contributed by atoms with E-state index in [9.17, 15) is 9.59 Å². The van der Waals surface area contributed by atoms with Crippen LogP contribution in [-0.2, 0) is 14.3 Å². The Kier molecular flexibility index (Phi) is 7.54. The van der Waals surface area contributed by atoms with E-state index < -0.39 is 0 Å². The predicted molar refractivity (Wildman–Crippen MR) is 66.6 cm³/mol. The van der Waals surface area contributed by atoms with Crippen LogP contribution in [0.15, 0.2) is 0 Å². The molecule has 5 heteroatoms. The van der Waals surface area contributed by atoms with Crippen LogP contribution in [0.3, 0.4) is 0 Å². The molecule has 1 amide bonds. The molecule has 0 spiro atoms. The predicted octanol–water partition coefficient (Wildman–Crippen LogP) is 0.785. The molecule has 1 atom stereocenters. The number of esters is 1. The first-order valence-electron chi connectivity index (χ1n) is 6.00. The van der Waals surface area contributed by atoms with Gasteiger partial charge < -0.3 is 10.1 Å². The molecule has 0 radical (unpaired) electrons. The first-order valence-corrected chi connectivity index (χ1v) is 6.00. The zero-order valence-corrected chi connectivity index (χ0v) is 11.4. The van der Waals surface area contributed by atoms with Crippen molar-refractivity contribution in [1.82, 2.24) is 10.2 Å². The van der Waals surface area contributed by atoms with Crippen LogP contribution < -0.4 is 5.32 Å². The third-order valence-electron chi connectivity index (χ3n) is 2.52.